The molecular formula is C21H18F3NOS. The van der Waals surface area contributed by atoms with Crippen molar-refractivity contribution in [3.63, 3.8) is 0 Å². The van der Waals surface area contributed by atoms with Crippen molar-refractivity contribution in [2.45, 2.75) is 30.5 Å². The first-order chi connectivity index (χ1) is 13.1. The number of thioether (sulfide) groups is 1. The van der Waals surface area contributed by atoms with Gasteiger partial charge in [0.2, 0.25) is 0 Å². The molecule has 1 aliphatic rings. The Labute approximate surface area is 159 Å². The third-order valence-electron chi connectivity index (χ3n) is 4.76. The molecule has 0 aromatic heterocycles. The summed E-state index contributed by atoms with van der Waals surface area (Å²) in [6.45, 7) is -2.53. The molecule has 3 aromatic carbocycles. The van der Waals surface area contributed by atoms with Gasteiger partial charge in [0.25, 0.3) is 0 Å². The van der Waals surface area contributed by atoms with Crippen molar-refractivity contribution in [1.29, 1.82) is 0 Å². The van der Waals surface area contributed by atoms with Crippen LogP contribution in [-0.4, -0.2) is 12.4 Å². The Kier molecular flexibility index (Phi) is 5.27. The molecule has 0 fully saturated rings. The van der Waals surface area contributed by atoms with E-state index >= 15 is 0 Å². The second-order valence-corrected chi connectivity index (χ2v) is 7.48. The SMILES string of the molecule is Fc1cccc2c1SCC[C@@H]2NCc1c(OC(F)F)ccc2ccccc12. The van der Waals surface area contributed by atoms with Gasteiger partial charge in [0.15, 0.2) is 0 Å². The molecule has 0 unspecified atom stereocenters. The monoisotopic (exact) mass is 389 g/mol. The minimum Gasteiger partial charge on any atom is -0.434 e. The van der Waals surface area contributed by atoms with Gasteiger partial charge in [0, 0.05) is 23.0 Å². The van der Waals surface area contributed by atoms with Crippen LogP contribution in [0.15, 0.2) is 59.5 Å². The van der Waals surface area contributed by atoms with Crippen molar-refractivity contribution in [2.75, 3.05) is 5.75 Å². The van der Waals surface area contributed by atoms with Crippen LogP contribution in [0.4, 0.5) is 13.2 Å². The highest BCUT2D eigenvalue weighted by Gasteiger charge is 2.23. The molecule has 0 bridgehead atoms. The maximum Gasteiger partial charge on any atom is 0.387 e. The third-order valence-corrected chi connectivity index (χ3v) is 5.92. The van der Waals surface area contributed by atoms with Crippen molar-refractivity contribution >= 4 is 22.5 Å². The molecule has 0 amide bonds. The third kappa shape index (κ3) is 3.77. The fourth-order valence-electron chi connectivity index (χ4n) is 3.53. The number of hydrogen-bond donors (Lipinski definition) is 1. The zero-order valence-electron chi connectivity index (χ0n) is 14.4. The van der Waals surface area contributed by atoms with Gasteiger partial charge >= 0.3 is 6.61 Å². The minimum atomic E-state index is -2.88. The van der Waals surface area contributed by atoms with E-state index in [1.165, 1.54) is 17.8 Å². The lowest BCUT2D eigenvalue weighted by molar-refractivity contribution is -0.0504. The Morgan fingerprint density at radius 1 is 1.07 bits per heavy atom. The average Bonchev–Trinajstić information content (AvgIpc) is 2.67. The van der Waals surface area contributed by atoms with Crippen LogP contribution < -0.4 is 10.1 Å². The fourth-order valence-corrected chi connectivity index (χ4v) is 4.67. The van der Waals surface area contributed by atoms with Crippen molar-refractivity contribution in [2.24, 2.45) is 0 Å². The summed E-state index contributed by atoms with van der Waals surface area (Å²) in [6, 6.07) is 16.0. The Morgan fingerprint density at radius 2 is 1.93 bits per heavy atom. The number of nitrogens with one attached hydrogen (secondary N) is 1. The van der Waals surface area contributed by atoms with E-state index in [0.717, 1.165) is 28.5 Å². The summed E-state index contributed by atoms with van der Waals surface area (Å²) in [4.78, 5) is 0.670. The maximum atomic E-state index is 14.1. The fraction of sp³-hybridized carbons (Fsp3) is 0.238. The average molecular weight is 389 g/mol. The van der Waals surface area contributed by atoms with Gasteiger partial charge in [0.1, 0.15) is 11.6 Å². The lowest BCUT2D eigenvalue weighted by atomic mass is 10.0. The van der Waals surface area contributed by atoms with E-state index in [-0.39, 0.29) is 17.6 Å². The highest BCUT2D eigenvalue weighted by Crippen LogP contribution is 2.38. The largest absolute Gasteiger partial charge is 0.434 e. The summed E-state index contributed by atoms with van der Waals surface area (Å²) in [7, 11) is 0. The molecular weight excluding hydrogens is 371 g/mol. The van der Waals surface area contributed by atoms with Crippen LogP contribution in [-0.2, 0) is 6.54 Å². The summed E-state index contributed by atoms with van der Waals surface area (Å²) in [5, 5.41) is 5.25. The van der Waals surface area contributed by atoms with Crippen LogP contribution in [0.25, 0.3) is 10.8 Å². The van der Waals surface area contributed by atoms with Crippen LogP contribution in [0.3, 0.4) is 0 Å². The number of fused-ring (bicyclic) bond motifs is 2. The number of rotatable bonds is 5. The molecule has 2 nitrogen and oxygen atoms in total. The normalized spacial score (nSPS) is 16.5. The molecule has 3 aromatic rings. The molecule has 1 atom stereocenters. The summed E-state index contributed by atoms with van der Waals surface area (Å²) >= 11 is 1.52. The second-order valence-electron chi connectivity index (χ2n) is 6.37. The molecule has 0 saturated heterocycles. The number of benzene rings is 3. The first-order valence-corrected chi connectivity index (χ1v) is 9.72. The molecule has 1 N–H and O–H groups in total. The van der Waals surface area contributed by atoms with Crippen molar-refractivity contribution in [3.05, 3.63) is 71.5 Å². The second kappa shape index (κ2) is 7.82. The van der Waals surface area contributed by atoms with Gasteiger partial charge in [-0.15, -0.1) is 11.8 Å². The first kappa shape index (κ1) is 18.2. The van der Waals surface area contributed by atoms with Gasteiger partial charge in [-0.05, 0) is 40.6 Å². The lowest BCUT2D eigenvalue weighted by Gasteiger charge is -2.27. The quantitative estimate of drug-likeness (QED) is 0.586. The summed E-state index contributed by atoms with van der Waals surface area (Å²) in [5.74, 6) is 0.762. The van der Waals surface area contributed by atoms with E-state index in [1.54, 1.807) is 18.2 Å². The van der Waals surface area contributed by atoms with Gasteiger partial charge in [-0.25, -0.2) is 4.39 Å². The summed E-state index contributed by atoms with van der Waals surface area (Å²) in [6.07, 6.45) is 0.844. The zero-order chi connectivity index (χ0) is 18.8. The molecule has 1 aliphatic heterocycles. The van der Waals surface area contributed by atoms with E-state index in [1.807, 2.05) is 30.3 Å². The zero-order valence-corrected chi connectivity index (χ0v) is 15.2. The molecule has 0 radical (unpaired) electrons. The van der Waals surface area contributed by atoms with Crippen LogP contribution in [0.5, 0.6) is 5.75 Å². The Bertz CT molecular complexity index is 963. The highest BCUT2D eigenvalue weighted by atomic mass is 32.2. The molecule has 0 spiro atoms. The number of hydrogen-bond acceptors (Lipinski definition) is 3. The molecule has 140 valence electrons. The van der Waals surface area contributed by atoms with Gasteiger partial charge < -0.3 is 10.1 Å². The standard InChI is InChI=1S/C21H18F3NOS/c22-17-7-3-6-15-18(10-11-27-20(15)17)25-12-16-14-5-2-1-4-13(14)8-9-19(16)26-21(23)24/h1-9,18,21,25H,10-12H2/t18-/m0/s1. The van der Waals surface area contributed by atoms with Gasteiger partial charge in [0.05, 0.1) is 0 Å². The number of ether oxygens (including phenoxy) is 1. The number of alkyl halides is 2. The van der Waals surface area contributed by atoms with Crippen LogP contribution in [0, 0.1) is 5.82 Å². The van der Waals surface area contributed by atoms with Crippen LogP contribution in [0.2, 0.25) is 0 Å². The van der Waals surface area contributed by atoms with Gasteiger partial charge in [-0.3, -0.25) is 0 Å². The lowest BCUT2D eigenvalue weighted by Crippen LogP contribution is -2.25. The summed E-state index contributed by atoms with van der Waals surface area (Å²) in [5.41, 5.74) is 1.60. The molecule has 4 rings (SSSR count). The number of halogens is 3. The van der Waals surface area contributed by atoms with E-state index in [4.69, 9.17) is 4.74 Å². The van der Waals surface area contributed by atoms with Gasteiger partial charge in [-0.1, -0.05) is 42.5 Å². The molecule has 27 heavy (non-hydrogen) atoms. The van der Waals surface area contributed by atoms with Crippen LogP contribution >= 0.6 is 11.8 Å². The summed E-state index contributed by atoms with van der Waals surface area (Å²) < 4.78 is 44.5. The maximum absolute atomic E-state index is 14.1. The first-order valence-electron chi connectivity index (χ1n) is 8.73. The highest BCUT2D eigenvalue weighted by molar-refractivity contribution is 7.99. The van der Waals surface area contributed by atoms with E-state index in [2.05, 4.69) is 5.32 Å². The van der Waals surface area contributed by atoms with E-state index < -0.39 is 6.61 Å². The topological polar surface area (TPSA) is 21.3 Å². The van der Waals surface area contributed by atoms with Crippen molar-refractivity contribution in [1.82, 2.24) is 5.32 Å². The van der Waals surface area contributed by atoms with Gasteiger partial charge in [-0.2, -0.15) is 8.78 Å². The Morgan fingerprint density at radius 3 is 2.78 bits per heavy atom. The molecule has 0 aliphatic carbocycles. The van der Waals surface area contributed by atoms with E-state index in [9.17, 15) is 13.2 Å². The van der Waals surface area contributed by atoms with Crippen LogP contribution in [0.1, 0.15) is 23.6 Å². The molecule has 1 heterocycles. The predicted molar refractivity (Wildman–Crippen MR) is 102 cm³/mol. The van der Waals surface area contributed by atoms with Crippen molar-refractivity contribution < 1.29 is 17.9 Å². The molecule has 6 heteroatoms. The molecule has 0 saturated carbocycles. The smallest absolute Gasteiger partial charge is 0.387 e. The Hall–Kier alpha value is -2.18. The minimum absolute atomic E-state index is 0.0321. The Balaban J connectivity index is 1.65. The predicted octanol–water partition coefficient (Wildman–Crippen LogP) is 5.91. The van der Waals surface area contributed by atoms with E-state index in [0.29, 0.717) is 17.0 Å². The van der Waals surface area contributed by atoms with Crippen molar-refractivity contribution in [3.8, 4) is 5.75 Å².